The average Bonchev–Trinajstić information content (AvgIpc) is 2.79. The second-order valence-corrected chi connectivity index (χ2v) is 4.06. The Labute approximate surface area is 105 Å². The fourth-order valence-corrected chi connectivity index (χ4v) is 1.65. The van der Waals surface area contributed by atoms with Crippen LogP contribution in [-0.2, 0) is 7.05 Å². The molecule has 0 amide bonds. The standard InChI is InChI=1S/C13H12N4O/c1-9-3-5-10(6-4-9)11(7-14)13(18)12-8-15-17(2)16-12/h3-6,8,11H,1-2H3. The van der Waals surface area contributed by atoms with Crippen molar-refractivity contribution in [3.05, 3.63) is 47.3 Å². The number of aryl methyl sites for hydroxylation is 2. The van der Waals surface area contributed by atoms with Crippen molar-refractivity contribution in [1.29, 1.82) is 5.26 Å². The van der Waals surface area contributed by atoms with E-state index in [-0.39, 0.29) is 11.5 Å². The third kappa shape index (κ3) is 2.28. The van der Waals surface area contributed by atoms with Gasteiger partial charge in [0.05, 0.1) is 12.3 Å². The quantitative estimate of drug-likeness (QED) is 0.764. The van der Waals surface area contributed by atoms with Gasteiger partial charge in [-0.2, -0.15) is 20.3 Å². The Morgan fingerprint density at radius 1 is 1.39 bits per heavy atom. The Balaban J connectivity index is 2.32. The first-order valence-corrected chi connectivity index (χ1v) is 5.48. The Morgan fingerprint density at radius 2 is 2.06 bits per heavy atom. The molecule has 1 unspecified atom stereocenters. The van der Waals surface area contributed by atoms with Crippen LogP contribution in [0.1, 0.15) is 27.5 Å². The van der Waals surface area contributed by atoms with E-state index in [9.17, 15) is 4.79 Å². The number of ketones is 1. The van der Waals surface area contributed by atoms with Crippen molar-refractivity contribution in [3.63, 3.8) is 0 Å². The lowest BCUT2D eigenvalue weighted by Crippen LogP contribution is -2.12. The number of aromatic nitrogens is 3. The molecule has 18 heavy (non-hydrogen) atoms. The second-order valence-electron chi connectivity index (χ2n) is 4.06. The normalized spacial score (nSPS) is 11.8. The minimum absolute atomic E-state index is 0.213. The number of carbonyl (C=O) groups is 1. The molecule has 5 nitrogen and oxygen atoms in total. The first kappa shape index (κ1) is 12.0. The molecule has 0 N–H and O–H groups in total. The summed E-state index contributed by atoms with van der Waals surface area (Å²) in [5.74, 6) is -1.16. The Bertz CT molecular complexity index is 607. The maximum atomic E-state index is 12.1. The lowest BCUT2D eigenvalue weighted by Gasteiger charge is -2.06. The molecular formula is C13H12N4O. The number of nitriles is 1. The first-order chi connectivity index (χ1) is 8.61. The summed E-state index contributed by atoms with van der Waals surface area (Å²) in [6.45, 7) is 1.95. The van der Waals surface area contributed by atoms with Crippen LogP contribution in [0, 0.1) is 18.3 Å². The van der Waals surface area contributed by atoms with Crippen LogP contribution in [0.3, 0.4) is 0 Å². The number of hydrogen-bond acceptors (Lipinski definition) is 4. The molecular weight excluding hydrogens is 228 g/mol. The van der Waals surface area contributed by atoms with Crippen molar-refractivity contribution in [2.24, 2.45) is 7.05 Å². The molecule has 0 aliphatic heterocycles. The number of benzene rings is 1. The third-order valence-electron chi connectivity index (χ3n) is 2.65. The lowest BCUT2D eigenvalue weighted by atomic mass is 9.94. The van der Waals surface area contributed by atoms with E-state index >= 15 is 0 Å². The van der Waals surface area contributed by atoms with Crippen LogP contribution >= 0.6 is 0 Å². The van der Waals surface area contributed by atoms with E-state index < -0.39 is 5.92 Å². The van der Waals surface area contributed by atoms with Crippen LogP contribution in [0.5, 0.6) is 0 Å². The number of carbonyl (C=O) groups excluding carboxylic acids is 1. The zero-order valence-corrected chi connectivity index (χ0v) is 10.2. The third-order valence-corrected chi connectivity index (χ3v) is 2.65. The topological polar surface area (TPSA) is 71.6 Å². The van der Waals surface area contributed by atoms with E-state index in [4.69, 9.17) is 5.26 Å². The largest absolute Gasteiger partial charge is 0.290 e. The van der Waals surface area contributed by atoms with Crippen LogP contribution in [0.4, 0.5) is 0 Å². The first-order valence-electron chi connectivity index (χ1n) is 5.48. The monoisotopic (exact) mass is 240 g/mol. The summed E-state index contributed by atoms with van der Waals surface area (Å²) in [6, 6.07) is 9.35. The van der Waals surface area contributed by atoms with Crippen molar-refractivity contribution < 1.29 is 4.79 Å². The van der Waals surface area contributed by atoms with E-state index in [1.165, 1.54) is 11.0 Å². The van der Waals surface area contributed by atoms with E-state index in [1.807, 2.05) is 25.1 Å². The molecule has 2 aromatic rings. The van der Waals surface area contributed by atoms with Crippen LogP contribution in [0.25, 0.3) is 0 Å². The lowest BCUT2D eigenvalue weighted by molar-refractivity contribution is 0.0973. The van der Waals surface area contributed by atoms with Gasteiger partial charge in [-0.3, -0.25) is 4.79 Å². The zero-order valence-electron chi connectivity index (χ0n) is 10.2. The molecule has 0 fully saturated rings. The predicted molar refractivity (Wildman–Crippen MR) is 64.9 cm³/mol. The summed E-state index contributed by atoms with van der Waals surface area (Å²) >= 11 is 0. The van der Waals surface area contributed by atoms with Gasteiger partial charge in [-0.1, -0.05) is 29.8 Å². The maximum Gasteiger partial charge on any atom is 0.206 e. The molecule has 1 aromatic heterocycles. The summed E-state index contributed by atoms with van der Waals surface area (Å²) in [5, 5.41) is 16.9. The van der Waals surface area contributed by atoms with Crippen LogP contribution < -0.4 is 0 Å². The van der Waals surface area contributed by atoms with Crippen molar-refractivity contribution in [3.8, 4) is 6.07 Å². The van der Waals surface area contributed by atoms with E-state index in [0.29, 0.717) is 5.56 Å². The van der Waals surface area contributed by atoms with Gasteiger partial charge in [-0.05, 0) is 12.5 Å². The molecule has 1 atom stereocenters. The molecule has 0 spiro atoms. The molecule has 0 aliphatic rings. The molecule has 0 aliphatic carbocycles. The van der Waals surface area contributed by atoms with Crippen molar-refractivity contribution in [2.75, 3.05) is 0 Å². The highest BCUT2D eigenvalue weighted by Crippen LogP contribution is 2.19. The smallest absolute Gasteiger partial charge is 0.206 e. The number of rotatable bonds is 3. The minimum atomic E-state index is -0.831. The Morgan fingerprint density at radius 3 is 2.56 bits per heavy atom. The SMILES string of the molecule is Cc1ccc(C(C#N)C(=O)c2cnn(C)n2)cc1. The fraction of sp³-hybridized carbons (Fsp3) is 0.231. The molecule has 1 aromatic carbocycles. The van der Waals surface area contributed by atoms with Crippen LogP contribution in [0.2, 0.25) is 0 Å². The fourth-order valence-electron chi connectivity index (χ4n) is 1.65. The van der Waals surface area contributed by atoms with Crippen molar-refractivity contribution in [2.45, 2.75) is 12.8 Å². The summed E-state index contributed by atoms with van der Waals surface area (Å²) in [4.78, 5) is 13.4. The van der Waals surface area contributed by atoms with Gasteiger partial charge in [0.1, 0.15) is 11.6 Å². The predicted octanol–water partition coefficient (Wildman–Crippen LogP) is 1.61. The molecule has 0 saturated carbocycles. The van der Waals surface area contributed by atoms with E-state index in [2.05, 4.69) is 10.2 Å². The van der Waals surface area contributed by atoms with Crippen LogP contribution in [0.15, 0.2) is 30.5 Å². The van der Waals surface area contributed by atoms with Crippen molar-refractivity contribution >= 4 is 5.78 Å². The van der Waals surface area contributed by atoms with Gasteiger partial charge in [0, 0.05) is 7.05 Å². The zero-order chi connectivity index (χ0) is 13.1. The van der Waals surface area contributed by atoms with E-state index in [1.54, 1.807) is 19.2 Å². The van der Waals surface area contributed by atoms with Gasteiger partial charge in [0.25, 0.3) is 0 Å². The van der Waals surface area contributed by atoms with Crippen LogP contribution in [-0.4, -0.2) is 20.8 Å². The molecule has 1 heterocycles. The summed E-state index contributed by atoms with van der Waals surface area (Å²) < 4.78 is 0. The number of Topliss-reactive ketones (excluding diaryl/α,β-unsaturated/α-hetero) is 1. The number of hydrogen-bond donors (Lipinski definition) is 0. The van der Waals surface area contributed by atoms with Gasteiger partial charge in [-0.25, -0.2) is 0 Å². The van der Waals surface area contributed by atoms with Gasteiger partial charge in [0.15, 0.2) is 0 Å². The van der Waals surface area contributed by atoms with Crippen molar-refractivity contribution in [1.82, 2.24) is 15.0 Å². The molecule has 90 valence electrons. The van der Waals surface area contributed by atoms with E-state index in [0.717, 1.165) is 5.56 Å². The summed E-state index contributed by atoms with van der Waals surface area (Å²) in [5.41, 5.74) is 1.98. The average molecular weight is 240 g/mol. The molecule has 5 heteroatoms. The maximum absolute atomic E-state index is 12.1. The van der Waals surface area contributed by atoms with Gasteiger partial charge in [-0.15, -0.1) is 0 Å². The minimum Gasteiger partial charge on any atom is -0.290 e. The number of nitrogens with zero attached hydrogens (tertiary/aromatic N) is 4. The molecule has 0 radical (unpaired) electrons. The van der Waals surface area contributed by atoms with Gasteiger partial charge >= 0.3 is 0 Å². The van der Waals surface area contributed by atoms with Gasteiger partial charge < -0.3 is 0 Å². The molecule has 0 saturated heterocycles. The second kappa shape index (κ2) is 4.80. The highest BCUT2D eigenvalue weighted by Gasteiger charge is 2.23. The molecule has 2 rings (SSSR count). The highest BCUT2D eigenvalue weighted by molar-refractivity contribution is 6.00. The summed E-state index contributed by atoms with van der Waals surface area (Å²) in [7, 11) is 1.63. The molecule has 0 bridgehead atoms. The Hall–Kier alpha value is -2.48. The Kier molecular flexibility index (Phi) is 3.20. The highest BCUT2D eigenvalue weighted by atomic mass is 16.1. The summed E-state index contributed by atoms with van der Waals surface area (Å²) in [6.07, 6.45) is 1.38. The van der Waals surface area contributed by atoms with Gasteiger partial charge in [0.2, 0.25) is 5.78 Å².